The van der Waals surface area contributed by atoms with Crippen LogP contribution in [-0.2, 0) is 13.0 Å². The summed E-state index contributed by atoms with van der Waals surface area (Å²) in [6.45, 7) is 5.83. The van der Waals surface area contributed by atoms with E-state index in [0.717, 1.165) is 23.2 Å². The van der Waals surface area contributed by atoms with Gasteiger partial charge in [0.05, 0.1) is 11.1 Å². The fourth-order valence-corrected chi connectivity index (χ4v) is 3.09. The van der Waals surface area contributed by atoms with E-state index in [-0.39, 0.29) is 0 Å². The second kappa shape index (κ2) is 7.81. The molecule has 2 nitrogen and oxygen atoms in total. The molecule has 0 saturated heterocycles. The van der Waals surface area contributed by atoms with Gasteiger partial charge in [-0.15, -0.1) is 11.3 Å². The van der Waals surface area contributed by atoms with Gasteiger partial charge in [-0.1, -0.05) is 32.0 Å². The Labute approximate surface area is 133 Å². The van der Waals surface area contributed by atoms with Crippen LogP contribution in [-0.4, -0.2) is 12.6 Å². The van der Waals surface area contributed by atoms with Crippen LogP contribution in [0.3, 0.4) is 0 Å². The Morgan fingerprint density at radius 1 is 1.25 bits per heavy atom. The molecule has 0 radical (unpaired) electrons. The van der Waals surface area contributed by atoms with Crippen LogP contribution < -0.4 is 10.1 Å². The van der Waals surface area contributed by atoms with Gasteiger partial charge >= 0.3 is 0 Å². The molecule has 1 N–H and O–H groups in total. The third-order valence-corrected chi connectivity index (χ3v) is 4.48. The predicted octanol–water partition coefficient (Wildman–Crippen LogP) is 4.63. The highest BCUT2D eigenvalue weighted by Gasteiger charge is 2.08. The summed E-state index contributed by atoms with van der Waals surface area (Å²) in [4.78, 5) is 1.36. The van der Waals surface area contributed by atoms with Crippen LogP contribution in [0.25, 0.3) is 0 Å². The molecule has 0 spiro atoms. The van der Waals surface area contributed by atoms with E-state index in [1.165, 1.54) is 10.4 Å². The Morgan fingerprint density at radius 3 is 2.80 bits per heavy atom. The Morgan fingerprint density at radius 2 is 2.10 bits per heavy atom. The van der Waals surface area contributed by atoms with Crippen molar-refractivity contribution in [3.05, 3.63) is 50.6 Å². The van der Waals surface area contributed by atoms with Gasteiger partial charge in [0.25, 0.3) is 0 Å². The molecule has 0 bridgehead atoms. The van der Waals surface area contributed by atoms with E-state index in [1.54, 1.807) is 11.3 Å². The second-order valence-corrected chi connectivity index (χ2v) is 6.83. The van der Waals surface area contributed by atoms with E-state index in [4.69, 9.17) is 4.74 Å². The van der Waals surface area contributed by atoms with Crippen LogP contribution in [0.1, 0.15) is 24.3 Å². The molecule has 0 aliphatic heterocycles. The summed E-state index contributed by atoms with van der Waals surface area (Å²) in [7, 11) is 0. The number of nitrogens with one attached hydrogen (secondary N) is 1. The number of hydrogen-bond donors (Lipinski definition) is 1. The fourth-order valence-electron chi connectivity index (χ4n) is 1.88. The van der Waals surface area contributed by atoms with Gasteiger partial charge in [-0.25, -0.2) is 0 Å². The Hall–Kier alpha value is -0.840. The summed E-state index contributed by atoms with van der Waals surface area (Å²) in [6.07, 6.45) is 0.954. The quantitative estimate of drug-likeness (QED) is 0.783. The summed E-state index contributed by atoms with van der Waals surface area (Å²) in [5.41, 5.74) is 1.19. The van der Waals surface area contributed by atoms with Crippen molar-refractivity contribution in [2.24, 2.45) is 0 Å². The number of hydrogen-bond acceptors (Lipinski definition) is 3. The molecule has 2 rings (SSSR count). The number of para-hydroxylation sites is 1. The van der Waals surface area contributed by atoms with Crippen molar-refractivity contribution in [1.29, 1.82) is 0 Å². The lowest BCUT2D eigenvalue weighted by molar-refractivity contribution is 0.316. The van der Waals surface area contributed by atoms with E-state index < -0.39 is 0 Å². The van der Waals surface area contributed by atoms with E-state index in [2.05, 4.69) is 58.7 Å². The van der Waals surface area contributed by atoms with E-state index in [0.29, 0.717) is 12.6 Å². The maximum atomic E-state index is 5.99. The number of rotatable bonds is 7. The number of thiophene rings is 1. The Kier molecular flexibility index (Phi) is 6.07. The summed E-state index contributed by atoms with van der Waals surface area (Å²) in [5.74, 6) is 0.956. The van der Waals surface area contributed by atoms with Gasteiger partial charge in [-0.2, -0.15) is 0 Å². The minimum Gasteiger partial charge on any atom is -0.492 e. The molecule has 1 aromatic heterocycles. The first-order chi connectivity index (χ1) is 9.66. The molecule has 4 heteroatoms. The third kappa shape index (κ3) is 4.62. The van der Waals surface area contributed by atoms with Gasteiger partial charge in [0, 0.05) is 29.4 Å². The smallest absolute Gasteiger partial charge is 0.137 e. The van der Waals surface area contributed by atoms with Gasteiger partial charge in [-0.3, -0.25) is 0 Å². The van der Waals surface area contributed by atoms with Crippen molar-refractivity contribution in [3.63, 3.8) is 0 Å². The van der Waals surface area contributed by atoms with Crippen LogP contribution in [0.4, 0.5) is 0 Å². The molecule has 0 aliphatic carbocycles. The van der Waals surface area contributed by atoms with Gasteiger partial charge in [0.2, 0.25) is 0 Å². The zero-order valence-electron chi connectivity index (χ0n) is 11.9. The van der Waals surface area contributed by atoms with Gasteiger partial charge < -0.3 is 10.1 Å². The minimum atomic E-state index is 0.466. The SMILES string of the molecule is CC(C)NCc1cccc(Br)c1OCCc1cccs1. The van der Waals surface area contributed by atoms with Crippen molar-refractivity contribution in [3.8, 4) is 5.75 Å². The molecule has 0 atom stereocenters. The zero-order chi connectivity index (χ0) is 14.4. The number of ether oxygens (including phenoxy) is 1. The zero-order valence-corrected chi connectivity index (χ0v) is 14.3. The molecule has 20 heavy (non-hydrogen) atoms. The monoisotopic (exact) mass is 353 g/mol. The average Bonchev–Trinajstić information content (AvgIpc) is 2.92. The van der Waals surface area contributed by atoms with Gasteiger partial charge in [-0.05, 0) is 33.4 Å². The van der Waals surface area contributed by atoms with Crippen LogP contribution in [0.2, 0.25) is 0 Å². The molecule has 0 fully saturated rings. The van der Waals surface area contributed by atoms with Crippen molar-refractivity contribution in [2.75, 3.05) is 6.61 Å². The molecule has 1 heterocycles. The first-order valence-electron chi connectivity index (χ1n) is 6.83. The number of halogens is 1. The maximum absolute atomic E-state index is 5.99. The summed E-state index contributed by atoms with van der Waals surface area (Å²) < 4.78 is 7.01. The van der Waals surface area contributed by atoms with Crippen molar-refractivity contribution in [1.82, 2.24) is 5.32 Å². The Bertz CT molecular complexity index is 525. The molecule has 2 aromatic rings. The van der Waals surface area contributed by atoms with Crippen LogP contribution >= 0.6 is 27.3 Å². The van der Waals surface area contributed by atoms with Gasteiger partial charge in [0.15, 0.2) is 0 Å². The van der Waals surface area contributed by atoms with Crippen molar-refractivity contribution in [2.45, 2.75) is 32.9 Å². The molecular formula is C16H20BrNOS. The minimum absolute atomic E-state index is 0.466. The molecule has 0 amide bonds. The predicted molar refractivity (Wildman–Crippen MR) is 89.6 cm³/mol. The average molecular weight is 354 g/mol. The Balaban J connectivity index is 1.97. The molecule has 1 aromatic carbocycles. The molecular weight excluding hydrogens is 334 g/mol. The molecule has 0 saturated carbocycles. The lowest BCUT2D eigenvalue weighted by Gasteiger charge is -2.15. The van der Waals surface area contributed by atoms with E-state index in [1.807, 2.05) is 12.1 Å². The number of benzene rings is 1. The van der Waals surface area contributed by atoms with Gasteiger partial charge in [0.1, 0.15) is 5.75 Å². The summed E-state index contributed by atoms with van der Waals surface area (Å²) in [5, 5.41) is 5.54. The molecule has 0 aliphatic rings. The van der Waals surface area contributed by atoms with Crippen LogP contribution in [0.15, 0.2) is 40.2 Å². The second-order valence-electron chi connectivity index (χ2n) is 4.94. The first-order valence-corrected chi connectivity index (χ1v) is 8.50. The molecule has 108 valence electrons. The van der Waals surface area contributed by atoms with E-state index >= 15 is 0 Å². The summed E-state index contributed by atoms with van der Waals surface area (Å²) in [6, 6.07) is 10.9. The maximum Gasteiger partial charge on any atom is 0.137 e. The normalized spacial score (nSPS) is 11.0. The highest BCUT2D eigenvalue weighted by Crippen LogP contribution is 2.29. The molecule has 0 unspecified atom stereocenters. The highest BCUT2D eigenvalue weighted by molar-refractivity contribution is 9.10. The lowest BCUT2D eigenvalue weighted by Crippen LogP contribution is -2.22. The highest BCUT2D eigenvalue weighted by atomic mass is 79.9. The first kappa shape index (κ1) is 15.5. The van der Waals surface area contributed by atoms with E-state index in [9.17, 15) is 0 Å². The summed E-state index contributed by atoms with van der Waals surface area (Å²) >= 11 is 5.36. The van der Waals surface area contributed by atoms with Crippen LogP contribution in [0.5, 0.6) is 5.75 Å². The lowest BCUT2D eigenvalue weighted by atomic mass is 10.2. The fraction of sp³-hybridized carbons (Fsp3) is 0.375. The van der Waals surface area contributed by atoms with Crippen molar-refractivity contribution < 1.29 is 4.74 Å². The topological polar surface area (TPSA) is 21.3 Å². The van der Waals surface area contributed by atoms with Crippen LogP contribution in [0, 0.1) is 0 Å². The standard InChI is InChI=1S/C16H20BrNOS/c1-12(2)18-11-13-5-3-7-15(17)16(13)19-9-8-14-6-4-10-20-14/h3-7,10,12,18H,8-9,11H2,1-2H3. The third-order valence-electron chi connectivity index (χ3n) is 2.92. The largest absolute Gasteiger partial charge is 0.492 e. The van der Waals surface area contributed by atoms with Crippen molar-refractivity contribution >= 4 is 27.3 Å².